The van der Waals surface area contributed by atoms with Crippen molar-refractivity contribution < 1.29 is 9.63 Å². The van der Waals surface area contributed by atoms with Crippen molar-refractivity contribution in [3.63, 3.8) is 0 Å². The Labute approximate surface area is 143 Å². The molecular weight excluding hydrogens is 302 g/mol. The van der Waals surface area contributed by atoms with E-state index in [9.17, 15) is 5.11 Å². The number of nitrogens with zero attached hydrogens (tertiary/aromatic N) is 3. The van der Waals surface area contributed by atoms with Gasteiger partial charge in [0, 0.05) is 18.6 Å². The highest BCUT2D eigenvalue weighted by Crippen LogP contribution is 2.34. The summed E-state index contributed by atoms with van der Waals surface area (Å²) in [4.78, 5) is 6.97. The molecule has 0 amide bonds. The fourth-order valence-electron chi connectivity index (χ4n) is 3.39. The van der Waals surface area contributed by atoms with Crippen LogP contribution in [-0.2, 0) is 6.42 Å². The lowest BCUT2D eigenvalue weighted by Crippen LogP contribution is -2.42. The second-order valence-corrected chi connectivity index (χ2v) is 6.83. The average molecular weight is 329 g/mol. The molecule has 5 nitrogen and oxygen atoms in total. The van der Waals surface area contributed by atoms with Gasteiger partial charge in [-0.2, -0.15) is 4.98 Å². The minimum atomic E-state index is 0.160. The van der Waals surface area contributed by atoms with Crippen molar-refractivity contribution in [1.29, 1.82) is 0 Å². The monoisotopic (exact) mass is 329 g/mol. The molecule has 130 valence electrons. The second kappa shape index (κ2) is 7.90. The Morgan fingerprint density at radius 3 is 2.62 bits per heavy atom. The molecule has 1 saturated heterocycles. The van der Waals surface area contributed by atoms with E-state index in [0.717, 1.165) is 57.3 Å². The zero-order valence-corrected chi connectivity index (χ0v) is 14.4. The lowest BCUT2D eigenvalue weighted by atomic mass is 9.77. The van der Waals surface area contributed by atoms with Gasteiger partial charge in [0.15, 0.2) is 0 Å². The number of aliphatic hydroxyl groups excluding tert-OH is 1. The highest BCUT2D eigenvalue weighted by atomic mass is 16.5. The Morgan fingerprint density at radius 2 is 1.96 bits per heavy atom. The molecule has 1 aliphatic heterocycles. The third-order valence-corrected chi connectivity index (χ3v) is 5.37. The number of benzene rings is 1. The smallest absolute Gasteiger partial charge is 0.227 e. The molecule has 1 fully saturated rings. The molecule has 0 radical (unpaired) electrons. The summed E-state index contributed by atoms with van der Waals surface area (Å²) in [6, 6.07) is 9.91. The van der Waals surface area contributed by atoms with Crippen molar-refractivity contribution in [3.05, 3.63) is 36.2 Å². The van der Waals surface area contributed by atoms with E-state index in [4.69, 9.17) is 4.52 Å². The molecule has 0 unspecified atom stereocenters. The number of aromatic nitrogens is 2. The van der Waals surface area contributed by atoms with Crippen LogP contribution in [0.3, 0.4) is 0 Å². The topological polar surface area (TPSA) is 62.4 Å². The number of likely N-dealkylation sites (tertiary alicyclic amines) is 1. The normalized spacial score (nSPS) is 17.9. The van der Waals surface area contributed by atoms with Gasteiger partial charge in [-0.05, 0) is 50.7 Å². The van der Waals surface area contributed by atoms with Crippen molar-refractivity contribution in [2.24, 2.45) is 5.41 Å². The van der Waals surface area contributed by atoms with Crippen molar-refractivity contribution in [1.82, 2.24) is 15.0 Å². The van der Waals surface area contributed by atoms with Gasteiger partial charge in [-0.15, -0.1) is 0 Å². The molecule has 0 aliphatic carbocycles. The standard InChI is InChI=1S/C19H27N3O2/c1-2-19(15-23)10-13-22(14-11-19)12-6-9-17-20-18(21-24-17)16-7-4-3-5-8-16/h3-5,7-8,23H,2,6,9-15H2,1H3. The Kier molecular flexibility index (Phi) is 5.63. The van der Waals surface area contributed by atoms with E-state index >= 15 is 0 Å². The van der Waals surface area contributed by atoms with Crippen molar-refractivity contribution in [3.8, 4) is 11.4 Å². The fraction of sp³-hybridized carbons (Fsp3) is 0.579. The van der Waals surface area contributed by atoms with Crippen LogP contribution in [0.5, 0.6) is 0 Å². The zero-order chi connectivity index (χ0) is 16.8. The summed E-state index contributed by atoms with van der Waals surface area (Å²) >= 11 is 0. The summed E-state index contributed by atoms with van der Waals surface area (Å²) in [6.07, 6.45) is 5.10. The predicted molar refractivity (Wildman–Crippen MR) is 93.5 cm³/mol. The van der Waals surface area contributed by atoms with Gasteiger partial charge in [-0.25, -0.2) is 0 Å². The highest BCUT2D eigenvalue weighted by Gasteiger charge is 2.31. The summed E-state index contributed by atoms with van der Waals surface area (Å²) in [5, 5.41) is 13.7. The molecular formula is C19H27N3O2. The van der Waals surface area contributed by atoms with Gasteiger partial charge in [-0.1, -0.05) is 42.4 Å². The molecule has 1 aromatic heterocycles. The first kappa shape index (κ1) is 17.1. The Hall–Kier alpha value is -1.72. The minimum Gasteiger partial charge on any atom is -0.396 e. The van der Waals surface area contributed by atoms with Crippen LogP contribution in [0, 0.1) is 5.41 Å². The van der Waals surface area contributed by atoms with Crippen LogP contribution in [0.25, 0.3) is 11.4 Å². The first-order valence-electron chi connectivity index (χ1n) is 8.96. The third-order valence-electron chi connectivity index (χ3n) is 5.37. The first-order valence-corrected chi connectivity index (χ1v) is 8.96. The molecule has 1 aromatic carbocycles. The molecule has 0 bridgehead atoms. The van der Waals surface area contributed by atoms with Gasteiger partial charge < -0.3 is 14.5 Å². The molecule has 5 heteroatoms. The molecule has 2 aromatic rings. The molecule has 2 heterocycles. The van der Waals surface area contributed by atoms with Crippen molar-refractivity contribution >= 4 is 0 Å². The van der Waals surface area contributed by atoms with Gasteiger partial charge in [0.05, 0.1) is 0 Å². The van der Waals surface area contributed by atoms with E-state index in [1.54, 1.807) is 0 Å². The van der Waals surface area contributed by atoms with Crippen LogP contribution in [0.2, 0.25) is 0 Å². The number of piperidine rings is 1. The molecule has 1 aliphatic rings. The van der Waals surface area contributed by atoms with Crippen LogP contribution >= 0.6 is 0 Å². The Bertz CT molecular complexity index is 613. The summed E-state index contributed by atoms with van der Waals surface area (Å²) in [5.41, 5.74) is 1.15. The third kappa shape index (κ3) is 4.02. The van der Waals surface area contributed by atoms with Crippen molar-refractivity contribution in [2.75, 3.05) is 26.2 Å². The summed E-state index contributed by atoms with van der Waals surface area (Å²) in [7, 11) is 0. The van der Waals surface area contributed by atoms with Gasteiger partial charge in [-0.3, -0.25) is 0 Å². The summed E-state index contributed by atoms with van der Waals surface area (Å²) < 4.78 is 5.36. The maximum Gasteiger partial charge on any atom is 0.227 e. The Balaban J connectivity index is 1.44. The van der Waals surface area contributed by atoms with Crippen molar-refractivity contribution in [2.45, 2.75) is 39.0 Å². The fourth-order valence-corrected chi connectivity index (χ4v) is 3.39. The van der Waals surface area contributed by atoms with Crippen LogP contribution in [-0.4, -0.2) is 46.4 Å². The van der Waals surface area contributed by atoms with E-state index < -0.39 is 0 Å². The van der Waals surface area contributed by atoms with E-state index in [2.05, 4.69) is 22.0 Å². The quantitative estimate of drug-likeness (QED) is 0.845. The van der Waals surface area contributed by atoms with E-state index in [0.29, 0.717) is 18.3 Å². The molecule has 0 atom stereocenters. The number of hydrogen-bond acceptors (Lipinski definition) is 5. The predicted octanol–water partition coefficient (Wildman–Crippen LogP) is 3.15. The number of aryl methyl sites for hydroxylation is 1. The molecule has 0 saturated carbocycles. The first-order chi connectivity index (χ1) is 11.7. The van der Waals surface area contributed by atoms with E-state index in [1.807, 2.05) is 30.3 Å². The lowest BCUT2D eigenvalue weighted by Gasteiger charge is -2.40. The minimum absolute atomic E-state index is 0.160. The van der Waals surface area contributed by atoms with Crippen LogP contribution in [0.15, 0.2) is 34.9 Å². The van der Waals surface area contributed by atoms with Gasteiger partial charge in [0.1, 0.15) is 0 Å². The SMILES string of the molecule is CCC1(CO)CCN(CCCc2nc(-c3ccccc3)no2)CC1. The van der Waals surface area contributed by atoms with Crippen LogP contribution in [0.4, 0.5) is 0 Å². The molecule has 1 N–H and O–H groups in total. The van der Waals surface area contributed by atoms with Gasteiger partial charge >= 0.3 is 0 Å². The maximum absolute atomic E-state index is 9.60. The van der Waals surface area contributed by atoms with Gasteiger partial charge in [0.25, 0.3) is 0 Å². The van der Waals surface area contributed by atoms with E-state index in [1.165, 1.54) is 0 Å². The summed E-state index contributed by atoms with van der Waals surface area (Å²) in [5.74, 6) is 1.38. The van der Waals surface area contributed by atoms with Crippen LogP contribution < -0.4 is 0 Å². The number of aliphatic hydroxyl groups is 1. The molecule has 24 heavy (non-hydrogen) atoms. The largest absolute Gasteiger partial charge is 0.396 e. The van der Waals surface area contributed by atoms with Crippen LogP contribution in [0.1, 0.15) is 38.5 Å². The van der Waals surface area contributed by atoms with E-state index in [-0.39, 0.29) is 5.41 Å². The summed E-state index contributed by atoms with van der Waals surface area (Å²) in [6.45, 7) is 5.71. The number of rotatable bonds is 7. The zero-order valence-electron chi connectivity index (χ0n) is 14.4. The number of hydrogen-bond donors (Lipinski definition) is 1. The lowest BCUT2D eigenvalue weighted by molar-refractivity contribution is 0.0405. The van der Waals surface area contributed by atoms with Gasteiger partial charge in [0.2, 0.25) is 11.7 Å². The molecule has 0 spiro atoms. The highest BCUT2D eigenvalue weighted by molar-refractivity contribution is 5.53. The maximum atomic E-state index is 9.60. The Morgan fingerprint density at radius 1 is 1.21 bits per heavy atom. The second-order valence-electron chi connectivity index (χ2n) is 6.83. The average Bonchev–Trinajstić information content (AvgIpc) is 3.12. The molecule has 3 rings (SSSR count).